The fraction of sp³-hybridized carbons (Fsp3) is 0.750. The van der Waals surface area contributed by atoms with Gasteiger partial charge in [0.25, 0.3) is 0 Å². The van der Waals surface area contributed by atoms with E-state index in [0.717, 1.165) is 0 Å². The Bertz CT molecular complexity index is 116. The number of hydrogen-bond acceptors (Lipinski definition) is 1. The van der Waals surface area contributed by atoms with E-state index < -0.39 is 0 Å². The monoisotopic (exact) mass is 126 g/mol. The third-order valence-corrected chi connectivity index (χ3v) is 2.06. The molecular weight excluding hydrogens is 112 g/mol. The van der Waals surface area contributed by atoms with Crippen LogP contribution in [0.4, 0.5) is 0 Å². The average molecular weight is 126 g/mol. The molecule has 1 aliphatic carbocycles. The zero-order valence-electron chi connectivity index (χ0n) is 5.93. The summed E-state index contributed by atoms with van der Waals surface area (Å²) in [6.07, 6.45) is 5.89. The van der Waals surface area contributed by atoms with Crippen LogP contribution < -0.4 is 0 Å². The van der Waals surface area contributed by atoms with Crippen molar-refractivity contribution in [2.24, 2.45) is 5.92 Å². The highest BCUT2D eigenvalue weighted by Crippen LogP contribution is 2.22. The highest BCUT2D eigenvalue weighted by molar-refractivity contribution is 5.08. The number of rotatable bonds is 1. The van der Waals surface area contributed by atoms with Crippen molar-refractivity contribution in [1.82, 2.24) is 0 Å². The largest absolute Gasteiger partial charge is 0.392 e. The molecule has 1 aliphatic rings. The van der Waals surface area contributed by atoms with E-state index >= 15 is 0 Å². The summed E-state index contributed by atoms with van der Waals surface area (Å²) in [4.78, 5) is 0. The van der Waals surface area contributed by atoms with Crippen LogP contribution in [0.1, 0.15) is 26.2 Å². The molecule has 0 unspecified atom stereocenters. The smallest absolute Gasteiger partial charge is 0.0644 e. The maximum atomic E-state index is 8.79. The van der Waals surface area contributed by atoms with Crippen LogP contribution >= 0.6 is 0 Å². The topological polar surface area (TPSA) is 20.2 Å². The Morgan fingerprint density at radius 3 is 3.00 bits per heavy atom. The Labute approximate surface area is 56.4 Å². The molecule has 9 heavy (non-hydrogen) atoms. The van der Waals surface area contributed by atoms with Gasteiger partial charge in [-0.1, -0.05) is 13.0 Å². The molecule has 0 heterocycles. The van der Waals surface area contributed by atoms with Crippen LogP contribution in [-0.2, 0) is 0 Å². The predicted octanol–water partition coefficient (Wildman–Crippen LogP) is 1.73. The van der Waals surface area contributed by atoms with Crippen LogP contribution in [-0.4, -0.2) is 11.7 Å². The highest BCUT2D eigenvalue weighted by Gasteiger charge is 2.10. The quantitative estimate of drug-likeness (QED) is 0.530. The van der Waals surface area contributed by atoms with Gasteiger partial charge in [0.1, 0.15) is 0 Å². The Kier molecular flexibility index (Phi) is 2.29. The molecule has 1 nitrogen and oxygen atoms in total. The lowest BCUT2D eigenvalue weighted by Crippen LogP contribution is -2.07. The Morgan fingerprint density at radius 1 is 1.78 bits per heavy atom. The number of allylic oxidation sites excluding steroid dienone is 1. The van der Waals surface area contributed by atoms with Crippen LogP contribution in [0.15, 0.2) is 11.6 Å². The first-order valence-electron chi connectivity index (χ1n) is 3.64. The van der Waals surface area contributed by atoms with Gasteiger partial charge in [-0.3, -0.25) is 0 Å². The summed E-state index contributed by atoms with van der Waals surface area (Å²) in [6.45, 7) is 2.45. The minimum Gasteiger partial charge on any atom is -0.392 e. The van der Waals surface area contributed by atoms with Crippen LogP contribution in [0.25, 0.3) is 0 Å². The van der Waals surface area contributed by atoms with Crippen LogP contribution in [0.2, 0.25) is 0 Å². The summed E-state index contributed by atoms with van der Waals surface area (Å²) < 4.78 is 0. The summed E-state index contributed by atoms with van der Waals surface area (Å²) in [5.74, 6) is 0.628. The normalized spacial score (nSPS) is 27.8. The van der Waals surface area contributed by atoms with Crippen molar-refractivity contribution in [3.8, 4) is 0 Å². The van der Waals surface area contributed by atoms with Crippen molar-refractivity contribution in [1.29, 1.82) is 0 Å². The predicted molar refractivity (Wildman–Crippen MR) is 38.2 cm³/mol. The lowest BCUT2D eigenvalue weighted by Gasteiger charge is -2.17. The fourth-order valence-corrected chi connectivity index (χ4v) is 1.32. The van der Waals surface area contributed by atoms with E-state index in [9.17, 15) is 0 Å². The van der Waals surface area contributed by atoms with Gasteiger partial charge in [0.2, 0.25) is 0 Å². The summed E-state index contributed by atoms with van der Waals surface area (Å²) in [5.41, 5.74) is 1.24. The van der Waals surface area contributed by atoms with Gasteiger partial charge in [0, 0.05) is 0 Å². The summed E-state index contributed by atoms with van der Waals surface area (Å²) in [6, 6.07) is 0. The zero-order chi connectivity index (χ0) is 6.69. The molecule has 52 valence electrons. The molecule has 0 aromatic rings. The van der Waals surface area contributed by atoms with Gasteiger partial charge in [0.15, 0.2) is 0 Å². The van der Waals surface area contributed by atoms with Crippen molar-refractivity contribution < 1.29 is 5.11 Å². The van der Waals surface area contributed by atoms with Crippen LogP contribution in [0.5, 0.6) is 0 Å². The van der Waals surface area contributed by atoms with E-state index in [1.54, 1.807) is 0 Å². The van der Waals surface area contributed by atoms with Crippen molar-refractivity contribution in [2.45, 2.75) is 26.2 Å². The third kappa shape index (κ3) is 1.55. The first-order valence-corrected chi connectivity index (χ1v) is 3.64. The molecule has 0 spiro atoms. The van der Waals surface area contributed by atoms with E-state index in [2.05, 4.69) is 13.0 Å². The van der Waals surface area contributed by atoms with Crippen molar-refractivity contribution >= 4 is 0 Å². The molecule has 0 saturated heterocycles. The van der Waals surface area contributed by atoms with Crippen LogP contribution in [0.3, 0.4) is 0 Å². The van der Waals surface area contributed by atoms with Gasteiger partial charge >= 0.3 is 0 Å². The van der Waals surface area contributed by atoms with E-state index in [4.69, 9.17) is 5.11 Å². The third-order valence-electron chi connectivity index (χ3n) is 2.06. The van der Waals surface area contributed by atoms with Gasteiger partial charge in [-0.2, -0.15) is 0 Å². The number of aliphatic hydroxyl groups excluding tert-OH is 1. The van der Waals surface area contributed by atoms with E-state index in [0.29, 0.717) is 5.92 Å². The zero-order valence-corrected chi connectivity index (χ0v) is 5.93. The van der Waals surface area contributed by atoms with Crippen molar-refractivity contribution in [3.63, 3.8) is 0 Å². The summed E-state index contributed by atoms with van der Waals surface area (Å²) >= 11 is 0. The highest BCUT2D eigenvalue weighted by atomic mass is 16.3. The molecule has 0 aliphatic heterocycles. The molecule has 0 amide bonds. The summed E-state index contributed by atoms with van der Waals surface area (Å²) in [7, 11) is 0. The number of aliphatic hydroxyl groups is 1. The lowest BCUT2D eigenvalue weighted by molar-refractivity contribution is 0.308. The second-order valence-electron chi connectivity index (χ2n) is 2.77. The molecule has 1 heteroatoms. The molecule has 0 fully saturated rings. The van der Waals surface area contributed by atoms with Crippen LogP contribution in [0, 0.1) is 5.92 Å². The first kappa shape index (κ1) is 6.81. The van der Waals surface area contributed by atoms with Crippen molar-refractivity contribution in [2.75, 3.05) is 6.61 Å². The minimum absolute atomic E-state index is 0.265. The van der Waals surface area contributed by atoms with Gasteiger partial charge < -0.3 is 5.11 Å². The van der Waals surface area contributed by atoms with Crippen molar-refractivity contribution in [3.05, 3.63) is 11.6 Å². The average Bonchev–Trinajstić information content (AvgIpc) is 1.89. The molecule has 0 bridgehead atoms. The minimum atomic E-state index is 0.265. The molecule has 1 N–H and O–H groups in total. The maximum Gasteiger partial charge on any atom is 0.0644 e. The van der Waals surface area contributed by atoms with Gasteiger partial charge in [0.05, 0.1) is 6.61 Å². The van der Waals surface area contributed by atoms with Gasteiger partial charge in [-0.05, 0) is 30.8 Å². The summed E-state index contributed by atoms with van der Waals surface area (Å²) in [5, 5.41) is 8.79. The Balaban J connectivity index is 2.53. The Hall–Kier alpha value is -0.300. The fourth-order valence-electron chi connectivity index (χ4n) is 1.32. The maximum absolute atomic E-state index is 8.79. The SMILES string of the molecule is C[C@H]1CCCC=C1CO. The number of hydrogen-bond donors (Lipinski definition) is 1. The second kappa shape index (κ2) is 3.02. The molecule has 0 radical (unpaired) electrons. The van der Waals surface area contributed by atoms with Gasteiger partial charge in [-0.25, -0.2) is 0 Å². The molecule has 0 aromatic heterocycles. The molecule has 0 saturated carbocycles. The molecule has 1 rings (SSSR count). The molecule has 1 atom stereocenters. The second-order valence-corrected chi connectivity index (χ2v) is 2.77. The molecule has 0 aromatic carbocycles. The Morgan fingerprint density at radius 2 is 2.56 bits per heavy atom. The standard InChI is InChI=1S/C8H14O/c1-7-4-2-3-5-8(7)6-9/h5,7,9H,2-4,6H2,1H3/t7-/m0/s1. The van der Waals surface area contributed by atoms with E-state index in [1.807, 2.05) is 0 Å². The first-order chi connectivity index (χ1) is 4.34. The lowest BCUT2D eigenvalue weighted by atomic mass is 9.90. The van der Waals surface area contributed by atoms with E-state index in [-0.39, 0.29) is 6.61 Å². The van der Waals surface area contributed by atoms with Gasteiger partial charge in [-0.15, -0.1) is 0 Å². The molecular formula is C8H14O. The van der Waals surface area contributed by atoms with E-state index in [1.165, 1.54) is 24.8 Å².